The first-order chi connectivity index (χ1) is 10.8. The smallest absolute Gasteiger partial charge is 0.176 e. The molecule has 0 radical (unpaired) electrons. The highest BCUT2D eigenvalue weighted by molar-refractivity contribution is 5.82. The van der Waals surface area contributed by atoms with Gasteiger partial charge in [-0.05, 0) is 35.4 Å². The molecule has 0 bridgehead atoms. The molecule has 0 aliphatic rings. The second-order valence-corrected chi connectivity index (χ2v) is 4.00. The number of hydrogen-bond acceptors (Lipinski definition) is 6. The van der Waals surface area contributed by atoms with Crippen LogP contribution in [-0.4, -0.2) is 22.4 Å². The van der Waals surface area contributed by atoms with Gasteiger partial charge in [0.1, 0.15) is 12.1 Å². The fourth-order valence-corrected chi connectivity index (χ4v) is 1.46. The van der Waals surface area contributed by atoms with Crippen LogP contribution in [0.25, 0.3) is 0 Å². The molecule has 0 aromatic carbocycles. The Hall–Kier alpha value is -3.64. The summed E-state index contributed by atoms with van der Waals surface area (Å²) in [6.45, 7) is 0. The lowest BCUT2D eigenvalue weighted by Crippen LogP contribution is -1.88. The molecule has 6 nitrogen and oxygen atoms in total. The lowest BCUT2D eigenvalue weighted by atomic mass is 10.3. The summed E-state index contributed by atoms with van der Waals surface area (Å²) < 4.78 is 0. The van der Waals surface area contributed by atoms with Crippen molar-refractivity contribution in [2.75, 3.05) is 0 Å². The summed E-state index contributed by atoms with van der Waals surface area (Å²) in [5, 5.41) is 18.3. The summed E-state index contributed by atoms with van der Waals surface area (Å²) in [4.78, 5) is 15.8. The van der Waals surface area contributed by atoms with E-state index in [4.69, 9.17) is 10.5 Å². The van der Waals surface area contributed by atoms with E-state index in [0.29, 0.717) is 0 Å². The zero-order chi connectivity index (χ0) is 15.6. The van der Waals surface area contributed by atoms with Crippen LogP contribution in [0.4, 0.5) is 0 Å². The summed E-state index contributed by atoms with van der Waals surface area (Å²) in [6.07, 6.45) is 9.43. The lowest BCUT2D eigenvalue weighted by molar-refractivity contribution is 1.26. The van der Waals surface area contributed by atoms with Gasteiger partial charge in [-0.3, -0.25) is 9.97 Å². The van der Waals surface area contributed by atoms with E-state index >= 15 is 0 Å². The first-order valence-corrected chi connectivity index (χ1v) is 6.26. The molecule has 0 N–H and O–H groups in total. The molecule has 0 aliphatic carbocycles. The minimum atomic E-state index is -0.0513. The Morgan fingerprint density at radius 1 is 0.773 bits per heavy atom. The monoisotopic (exact) mass is 286 g/mol. The predicted molar refractivity (Wildman–Crippen MR) is 81.9 cm³/mol. The Balaban J connectivity index is 2.27. The summed E-state index contributed by atoms with van der Waals surface area (Å²) in [5.41, 5.74) is 1.45. The quantitative estimate of drug-likeness (QED) is 0.635. The maximum atomic E-state index is 9.13. The fourth-order valence-electron chi connectivity index (χ4n) is 1.46. The van der Waals surface area contributed by atoms with Crippen LogP contribution in [0.2, 0.25) is 0 Å². The lowest BCUT2D eigenvalue weighted by Gasteiger charge is -1.94. The van der Waals surface area contributed by atoms with Gasteiger partial charge < -0.3 is 0 Å². The molecule has 6 heteroatoms. The summed E-state index contributed by atoms with van der Waals surface area (Å²) in [7, 11) is 0. The van der Waals surface area contributed by atoms with E-state index in [1.165, 1.54) is 12.4 Å². The van der Waals surface area contributed by atoms with E-state index in [1.807, 2.05) is 12.1 Å². The Morgan fingerprint density at radius 2 is 1.14 bits per heavy atom. The molecule has 0 fully saturated rings. The van der Waals surface area contributed by atoms with Crippen molar-refractivity contribution < 1.29 is 0 Å². The molecule has 0 unspecified atom stereocenters. The Morgan fingerprint density at radius 3 is 1.45 bits per heavy atom. The standard InChI is InChI=1S/C16H10N6/c17-9-15(21-11-13-1-5-19-6-2-13)16(10-18)22-12-14-3-7-20-8-4-14/h1-8,11-12H. The molecule has 0 atom stereocenters. The van der Waals surface area contributed by atoms with E-state index < -0.39 is 0 Å². The number of pyridine rings is 2. The van der Waals surface area contributed by atoms with Crippen LogP contribution < -0.4 is 0 Å². The third-order valence-electron chi connectivity index (χ3n) is 2.53. The molecule has 22 heavy (non-hydrogen) atoms. The average Bonchev–Trinajstić information content (AvgIpc) is 2.59. The molecule has 2 aromatic heterocycles. The molecule has 0 aliphatic heterocycles. The van der Waals surface area contributed by atoms with Crippen LogP contribution in [-0.2, 0) is 0 Å². The molecule has 0 amide bonds. The number of hydrogen-bond donors (Lipinski definition) is 0. The maximum Gasteiger partial charge on any atom is 0.176 e. The molecular weight excluding hydrogens is 276 g/mol. The fraction of sp³-hybridized carbons (Fsp3) is 0. The van der Waals surface area contributed by atoms with Crippen LogP contribution >= 0.6 is 0 Å². The van der Waals surface area contributed by atoms with Crippen molar-refractivity contribution in [3.05, 3.63) is 71.6 Å². The van der Waals surface area contributed by atoms with Crippen molar-refractivity contribution in [1.29, 1.82) is 10.5 Å². The van der Waals surface area contributed by atoms with Gasteiger partial charge in [-0.1, -0.05) is 0 Å². The minimum absolute atomic E-state index is 0.0513. The van der Waals surface area contributed by atoms with E-state index in [9.17, 15) is 0 Å². The zero-order valence-corrected chi connectivity index (χ0v) is 11.5. The highest BCUT2D eigenvalue weighted by Gasteiger charge is 2.02. The van der Waals surface area contributed by atoms with Gasteiger partial charge in [-0.25, -0.2) is 9.98 Å². The second kappa shape index (κ2) is 7.83. The SMILES string of the molecule is N#CC(N=Cc1ccncc1)=C(C#N)N=Cc1ccncc1. The van der Waals surface area contributed by atoms with Gasteiger partial charge in [0.2, 0.25) is 0 Å². The molecule has 2 rings (SSSR count). The van der Waals surface area contributed by atoms with Gasteiger partial charge in [0.15, 0.2) is 11.4 Å². The van der Waals surface area contributed by atoms with Crippen molar-refractivity contribution >= 4 is 12.4 Å². The molecule has 0 spiro atoms. The van der Waals surface area contributed by atoms with Crippen LogP contribution in [0.1, 0.15) is 11.1 Å². The van der Waals surface area contributed by atoms with Crippen LogP contribution in [0.3, 0.4) is 0 Å². The van der Waals surface area contributed by atoms with Crippen LogP contribution in [0.5, 0.6) is 0 Å². The largest absolute Gasteiger partial charge is 0.265 e. The van der Waals surface area contributed by atoms with E-state index in [1.54, 1.807) is 49.1 Å². The molecule has 2 aromatic rings. The normalized spacial score (nSPS) is 11.9. The van der Waals surface area contributed by atoms with E-state index in [2.05, 4.69) is 20.0 Å². The van der Waals surface area contributed by atoms with E-state index in [0.717, 1.165) is 11.1 Å². The highest BCUT2D eigenvalue weighted by Crippen LogP contribution is 2.07. The topological polar surface area (TPSA) is 98.1 Å². The van der Waals surface area contributed by atoms with E-state index in [-0.39, 0.29) is 11.4 Å². The first-order valence-electron chi connectivity index (χ1n) is 6.26. The van der Waals surface area contributed by atoms with Gasteiger partial charge in [-0.15, -0.1) is 0 Å². The van der Waals surface area contributed by atoms with Gasteiger partial charge in [0.05, 0.1) is 0 Å². The molecule has 2 heterocycles. The van der Waals surface area contributed by atoms with Gasteiger partial charge in [-0.2, -0.15) is 10.5 Å². The minimum Gasteiger partial charge on any atom is -0.265 e. The van der Waals surface area contributed by atoms with Gasteiger partial charge in [0.25, 0.3) is 0 Å². The van der Waals surface area contributed by atoms with Crippen molar-refractivity contribution in [3.8, 4) is 12.1 Å². The maximum absolute atomic E-state index is 9.13. The van der Waals surface area contributed by atoms with Gasteiger partial charge in [0, 0.05) is 37.2 Å². The Bertz CT molecular complexity index is 723. The molecular formula is C16H10N6. The summed E-state index contributed by atoms with van der Waals surface area (Å²) in [6, 6.07) is 10.7. The number of nitriles is 2. The number of aromatic nitrogens is 2. The highest BCUT2D eigenvalue weighted by atomic mass is 14.8. The molecule has 0 saturated heterocycles. The van der Waals surface area contributed by atoms with Crippen molar-refractivity contribution in [2.45, 2.75) is 0 Å². The number of aliphatic imine (C=N–C) groups is 2. The molecule has 0 saturated carbocycles. The number of nitrogens with zero attached hydrogens (tertiary/aromatic N) is 6. The van der Waals surface area contributed by atoms with Crippen LogP contribution in [0.15, 0.2) is 70.4 Å². The van der Waals surface area contributed by atoms with Crippen LogP contribution in [0, 0.1) is 22.7 Å². The predicted octanol–water partition coefficient (Wildman–Crippen LogP) is 2.27. The summed E-state index contributed by atoms with van der Waals surface area (Å²) >= 11 is 0. The van der Waals surface area contributed by atoms with Gasteiger partial charge >= 0.3 is 0 Å². The first kappa shape index (κ1) is 14.8. The van der Waals surface area contributed by atoms with Crippen molar-refractivity contribution in [1.82, 2.24) is 9.97 Å². The average molecular weight is 286 g/mol. The molecule has 104 valence electrons. The van der Waals surface area contributed by atoms with Crippen molar-refractivity contribution in [2.24, 2.45) is 9.98 Å². The second-order valence-electron chi connectivity index (χ2n) is 4.00. The number of allylic oxidation sites excluding steroid dienone is 2. The third kappa shape index (κ3) is 4.19. The van der Waals surface area contributed by atoms with Crippen molar-refractivity contribution in [3.63, 3.8) is 0 Å². The Kier molecular flexibility index (Phi) is 5.25. The Labute approximate surface area is 127 Å². The third-order valence-corrected chi connectivity index (χ3v) is 2.53. The zero-order valence-electron chi connectivity index (χ0n) is 11.5. The summed E-state index contributed by atoms with van der Waals surface area (Å²) in [5.74, 6) is 0. The number of rotatable bonds is 4.